The second-order valence-corrected chi connectivity index (χ2v) is 8.07. The van der Waals surface area contributed by atoms with Crippen molar-refractivity contribution in [3.05, 3.63) is 23.5 Å². The van der Waals surface area contributed by atoms with Crippen molar-refractivity contribution in [3.8, 4) is 0 Å². The third-order valence-electron chi connectivity index (χ3n) is 5.10. The van der Waals surface area contributed by atoms with Crippen LogP contribution in [0.5, 0.6) is 0 Å². The molecule has 0 aliphatic heterocycles. The van der Waals surface area contributed by atoms with Gasteiger partial charge in [-0.1, -0.05) is 0 Å². The zero-order valence-corrected chi connectivity index (χ0v) is 14.7. The number of hydrogen-bond donors (Lipinski definition) is 2. The van der Waals surface area contributed by atoms with Crippen molar-refractivity contribution >= 4 is 22.9 Å². The number of aliphatic hydroxyl groups is 1. The van der Waals surface area contributed by atoms with Gasteiger partial charge in [-0.3, -0.25) is 10.1 Å². The number of hydrogen-bond acceptors (Lipinski definition) is 3. The standard InChI is InChI=1S/C19H24FN3O2/c1-19(2,25)10-16(24)21-18-22-17-14(20)8-12(11-6-7-11)9-15(17)23(18)13-4-3-5-13/h8-9,11,13,25H,3-7,10H2,1-2H3,(H,21,22,24). The molecular weight excluding hydrogens is 321 g/mol. The maximum atomic E-state index is 14.6. The molecule has 2 aromatic rings. The van der Waals surface area contributed by atoms with Crippen molar-refractivity contribution in [2.24, 2.45) is 0 Å². The van der Waals surface area contributed by atoms with Crippen molar-refractivity contribution in [2.45, 2.75) is 69.9 Å². The quantitative estimate of drug-likeness (QED) is 0.864. The molecule has 0 saturated heterocycles. The number of amides is 1. The number of benzene rings is 1. The van der Waals surface area contributed by atoms with Crippen LogP contribution in [0.25, 0.3) is 11.0 Å². The van der Waals surface area contributed by atoms with Gasteiger partial charge in [0.05, 0.1) is 17.5 Å². The van der Waals surface area contributed by atoms with Gasteiger partial charge in [0.15, 0.2) is 5.82 Å². The summed E-state index contributed by atoms with van der Waals surface area (Å²) in [5, 5.41) is 12.6. The Hall–Kier alpha value is -1.95. The van der Waals surface area contributed by atoms with Gasteiger partial charge in [-0.15, -0.1) is 0 Å². The number of carbonyl (C=O) groups excluding carboxylic acids is 1. The molecule has 0 radical (unpaired) electrons. The number of imidazole rings is 1. The van der Waals surface area contributed by atoms with E-state index in [4.69, 9.17) is 0 Å². The summed E-state index contributed by atoms with van der Waals surface area (Å²) in [5.74, 6) is 0.208. The van der Waals surface area contributed by atoms with Gasteiger partial charge in [-0.2, -0.15) is 0 Å². The van der Waals surface area contributed by atoms with E-state index < -0.39 is 5.60 Å². The SMILES string of the molecule is CC(C)(O)CC(=O)Nc1nc2c(F)cc(C3CC3)cc2n1C1CCC1. The number of anilines is 1. The van der Waals surface area contributed by atoms with Crippen molar-refractivity contribution in [1.29, 1.82) is 0 Å². The van der Waals surface area contributed by atoms with Gasteiger partial charge < -0.3 is 9.67 Å². The highest BCUT2D eigenvalue weighted by Crippen LogP contribution is 2.43. The molecule has 0 bridgehead atoms. The van der Waals surface area contributed by atoms with Gasteiger partial charge in [0.25, 0.3) is 0 Å². The first kappa shape index (κ1) is 16.5. The lowest BCUT2D eigenvalue weighted by atomic mass is 9.92. The molecule has 1 aromatic heterocycles. The van der Waals surface area contributed by atoms with Crippen LogP contribution >= 0.6 is 0 Å². The van der Waals surface area contributed by atoms with Gasteiger partial charge in [0.2, 0.25) is 11.9 Å². The van der Waals surface area contributed by atoms with Crippen LogP contribution in [0.4, 0.5) is 10.3 Å². The third-order valence-corrected chi connectivity index (χ3v) is 5.10. The molecule has 1 heterocycles. The molecule has 0 spiro atoms. The Morgan fingerprint density at radius 2 is 2.08 bits per heavy atom. The molecule has 2 aliphatic carbocycles. The van der Waals surface area contributed by atoms with E-state index in [1.54, 1.807) is 19.9 Å². The van der Waals surface area contributed by atoms with Gasteiger partial charge in [-0.25, -0.2) is 9.37 Å². The number of halogens is 1. The third kappa shape index (κ3) is 3.27. The molecule has 134 valence electrons. The largest absolute Gasteiger partial charge is 0.390 e. The summed E-state index contributed by atoms with van der Waals surface area (Å²) in [4.78, 5) is 16.6. The fourth-order valence-electron chi connectivity index (χ4n) is 3.49. The zero-order chi connectivity index (χ0) is 17.8. The number of nitrogens with one attached hydrogen (secondary N) is 1. The summed E-state index contributed by atoms with van der Waals surface area (Å²) in [6, 6.07) is 3.87. The minimum atomic E-state index is -1.10. The number of fused-ring (bicyclic) bond motifs is 1. The van der Waals surface area contributed by atoms with Crippen LogP contribution in [0.15, 0.2) is 12.1 Å². The van der Waals surface area contributed by atoms with E-state index in [0.717, 1.165) is 43.2 Å². The van der Waals surface area contributed by atoms with Crippen molar-refractivity contribution < 1.29 is 14.3 Å². The Kier molecular flexibility index (Phi) is 3.83. The summed E-state index contributed by atoms with van der Waals surface area (Å²) < 4.78 is 16.6. The van der Waals surface area contributed by atoms with E-state index in [1.807, 2.05) is 10.6 Å². The lowest BCUT2D eigenvalue weighted by Gasteiger charge is -2.29. The average molecular weight is 345 g/mol. The number of aromatic nitrogens is 2. The van der Waals surface area contributed by atoms with Gasteiger partial charge in [-0.05, 0) is 69.6 Å². The monoisotopic (exact) mass is 345 g/mol. The highest BCUT2D eigenvalue weighted by atomic mass is 19.1. The lowest BCUT2D eigenvalue weighted by molar-refractivity contribution is -0.119. The Bertz CT molecular complexity index is 829. The van der Waals surface area contributed by atoms with Crippen LogP contribution < -0.4 is 5.32 Å². The zero-order valence-electron chi connectivity index (χ0n) is 14.7. The summed E-state index contributed by atoms with van der Waals surface area (Å²) in [6.45, 7) is 3.17. The molecule has 2 fully saturated rings. The summed E-state index contributed by atoms with van der Waals surface area (Å²) in [6.07, 6.45) is 5.34. The fraction of sp³-hybridized carbons (Fsp3) is 0.579. The Balaban J connectivity index is 1.75. The molecule has 0 atom stereocenters. The predicted octanol–water partition coefficient (Wildman–Crippen LogP) is 3.88. The van der Waals surface area contributed by atoms with Crippen LogP contribution in [0.3, 0.4) is 0 Å². The molecule has 5 nitrogen and oxygen atoms in total. The van der Waals surface area contributed by atoms with E-state index in [1.165, 1.54) is 0 Å². The summed E-state index contributed by atoms with van der Waals surface area (Å²) in [5.41, 5.74) is 1.02. The van der Waals surface area contributed by atoms with E-state index in [-0.39, 0.29) is 24.2 Å². The van der Waals surface area contributed by atoms with Crippen LogP contribution in [0.1, 0.15) is 69.9 Å². The minimum Gasteiger partial charge on any atom is -0.390 e. The highest BCUT2D eigenvalue weighted by Gasteiger charge is 2.30. The molecule has 2 saturated carbocycles. The van der Waals surface area contributed by atoms with E-state index >= 15 is 0 Å². The number of rotatable bonds is 5. The normalized spacial score (nSPS) is 18.4. The fourth-order valence-corrected chi connectivity index (χ4v) is 3.49. The lowest BCUT2D eigenvalue weighted by Crippen LogP contribution is -2.29. The first-order chi connectivity index (χ1) is 11.8. The molecular formula is C19H24FN3O2. The van der Waals surface area contributed by atoms with Gasteiger partial charge in [0.1, 0.15) is 5.52 Å². The van der Waals surface area contributed by atoms with Crippen LogP contribution in [-0.4, -0.2) is 26.2 Å². The molecule has 6 heteroatoms. The molecule has 2 aliphatic rings. The van der Waals surface area contributed by atoms with Crippen molar-refractivity contribution in [3.63, 3.8) is 0 Å². The molecule has 4 rings (SSSR count). The topological polar surface area (TPSA) is 67.2 Å². The summed E-state index contributed by atoms with van der Waals surface area (Å²) in [7, 11) is 0. The molecule has 1 amide bonds. The Morgan fingerprint density at radius 3 is 2.64 bits per heavy atom. The second kappa shape index (κ2) is 5.80. The number of carbonyl (C=O) groups is 1. The van der Waals surface area contributed by atoms with Crippen LogP contribution in [0, 0.1) is 5.82 Å². The Labute approximate surface area is 146 Å². The summed E-state index contributed by atoms with van der Waals surface area (Å²) >= 11 is 0. The smallest absolute Gasteiger partial charge is 0.229 e. The second-order valence-electron chi connectivity index (χ2n) is 8.07. The van der Waals surface area contributed by atoms with Crippen molar-refractivity contribution in [2.75, 3.05) is 5.32 Å². The average Bonchev–Trinajstić information content (AvgIpc) is 3.21. The number of nitrogens with zero attached hydrogens (tertiary/aromatic N) is 2. The van der Waals surface area contributed by atoms with Gasteiger partial charge >= 0.3 is 0 Å². The first-order valence-corrected chi connectivity index (χ1v) is 9.05. The maximum absolute atomic E-state index is 14.6. The van der Waals surface area contributed by atoms with E-state index in [2.05, 4.69) is 10.3 Å². The molecule has 0 unspecified atom stereocenters. The first-order valence-electron chi connectivity index (χ1n) is 9.05. The van der Waals surface area contributed by atoms with E-state index in [9.17, 15) is 14.3 Å². The molecule has 2 N–H and O–H groups in total. The molecule has 1 aromatic carbocycles. The van der Waals surface area contributed by atoms with Crippen molar-refractivity contribution in [1.82, 2.24) is 9.55 Å². The predicted molar refractivity (Wildman–Crippen MR) is 94.1 cm³/mol. The van der Waals surface area contributed by atoms with Crippen LogP contribution in [0.2, 0.25) is 0 Å². The maximum Gasteiger partial charge on any atom is 0.229 e. The van der Waals surface area contributed by atoms with Gasteiger partial charge in [0, 0.05) is 6.04 Å². The molecule has 25 heavy (non-hydrogen) atoms. The van der Waals surface area contributed by atoms with E-state index in [0.29, 0.717) is 17.4 Å². The highest BCUT2D eigenvalue weighted by molar-refractivity contribution is 5.92. The Morgan fingerprint density at radius 1 is 1.36 bits per heavy atom. The minimum absolute atomic E-state index is 0.0311. The van der Waals surface area contributed by atoms with Crippen LogP contribution in [-0.2, 0) is 4.79 Å².